The summed E-state index contributed by atoms with van der Waals surface area (Å²) >= 11 is 0. The molecule has 1 aromatic carbocycles. The maximum Gasteiger partial charge on any atom is 0.0935 e. The number of nitrogens with zero attached hydrogens (tertiary/aromatic N) is 2. The Morgan fingerprint density at radius 3 is 2.59 bits per heavy atom. The highest BCUT2D eigenvalue weighted by Crippen LogP contribution is 2.18. The predicted octanol–water partition coefficient (Wildman–Crippen LogP) is 0.749. The lowest BCUT2D eigenvalue weighted by Gasteiger charge is -2.37. The number of hydrogen-bond donors (Lipinski definition) is 2. The zero-order chi connectivity index (χ0) is 11.7. The van der Waals surface area contributed by atoms with E-state index in [1.807, 2.05) is 41.2 Å². The van der Waals surface area contributed by atoms with Gasteiger partial charge in [0.1, 0.15) is 0 Å². The molecule has 17 heavy (non-hydrogen) atoms. The summed E-state index contributed by atoms with van der Waals surface area (Å²) in [6.07, 6.45) is 4.38. The number of nitrogens with one attached hydrogen (secondary N) is 1. The van der Waals surface area contributed by atoms with E-state index in [0.29, 0.717) is 19.5 Å². The van der Waals surface area contributed by atoms with Gasteiger partial charge in [0, 0.05) is 31.9 Å². The molecule has 0 saturated carbocycles. The van der Waals surface area contributed by atoms with Crippen molar-refractivity contribution in [3.05, 3.63) is 48.3 Å². The second-order valence-corrected chi connectivity index (χ2v) is 4.62. The standard InChI is InChI=1S/C13H15N3O/c17-13(9-14-10-13)8-11-2-4-12(5-3-11)16-7-1-6-15-16/h1-7,14,17H,8-10H2. The van der Waals surface area contributed by atoms with E-state index >= 15 is 0 Å². The van der Waals surface area contributed by atoms with Crippen molar-refractivity contribution in [1.29, 1.82) is 0 Å². The number of β-amino-alcohol motifs (C(OH)–C–C–N with tert-alkyl or cyclic N) is 1. The molecule has 2 aromatic rings. The highest BCUT2D eigenvalue weighted by Gasteiger charge is 2.33. The monoisotopic (exact) mass is 229 g/mol. The first kappa shape index (κ1) is 10.5. The smallest absolute Gasteiger partial charge is 0.0935 e. The zero-order valence-electron chi connectivity index (χ0n) is 9.50. The van der Waals surface area contributed by atoms with Gasteiger partial charge < -0.3 is 10.4 Å². The van der Waals surface area contributed by atoms with Crippen LogP contribution in [0.1, 0.15) is 5.56 Å². The Morgan fingerprint density at radius 2 is 2.06 bits per heavy atom. The van der Waals surface area contributed by atoms with Crippen LogP contribution in [0.4, 0.5) is 0 Å². The van der Waals surface area contributed by atoms with Crippen LogP contribution in [0.3, 0.4) is 0 Å². The van der Waals surface area contributed by atoms with Crippen molar-refractivity contribution >= 4 is 0 Å². The van der Waals surface area contributed by atoms with Gasteiger partial charge in [-0.15, -0.1) is 0 Å². The van der Waals surface area contributed by atoms with Gasteiger partial charge in [0.25, 0.3) is 0 Å². The van der Waals surface area contributed by atoms with E-state index in [9.17, 15) is 5.11 Å². The van der Waals surface area contributed by atoms with Gasteiger partial charge in [-0.25, -0.2) is 4.68 Å². The van der Waals surface area contributed by atoms with Gasteiger partial charge in [0.2, 0.25) is 0 Å². The Balaban J connectivity index is 1.76. The zero-order valence-corrected chi connectivity index (χ0v) is 9.50. The van der Waals surface area contributed by atoms with Crippen molar-refractivity contribution in [2.75, 3.05) is 13.1 Å². The summed E-state index contributed by atoms with van der Waals surface area (Å²) in [5.74, 6) is 0. The molecular formula is C13H15N3O. The molecule has 1 aliphatic heterocycles. The summed E-state index contributed by atoms with van der Waals surface area (Å²) in [4.78, 5) is 0. The van der Waals surface area contributed by atoms with Gasteiger partial charge in [-0.3, -0.25) is 0 Å². The number of aliphatic hydroxyl groups is 1. The molecule has 2 heterocycles. The van der Waals surface area contributed by atoms with E-state index in [2.05, 4.69) is 10.4 Å². The van der Waals surface area contributed by atoms with E-state index in [-0.39, 0.29) is 0 Å². The maximum atomic E-state index is 10.0. The van der Waals surface area contributed by atoms with Crippen molar-refractivity contribution in [2.45, 2.75) is 12.0 Å². The van der Waals surface area contributed by atoms with Gasteiger partial charge in [0.15, 0.2) is 0 Å². The van der Waals surface area contributed by atoms with Crippen LogP contribution in [-0.4, -0.2) is 33.6 Å². The van der Waals surface area contributed by atoms with Crippen LogP contribution in [0.2, 0.25) is 0 Å². The molecule has 4 nitrogen and oxygen atoms in total. The van der Waals surface area contributed by atoms with E-state index < -0.39 is 5.60 Å². The molecule has 0 atom stereocenters. The van der Waals surface area contributed by atoms with Gasteiger partial charge in [0.05, 0.1) is 11.3 Å². The van der Waals surface area contributed by atoms with Crippen molar-refractivity contribution < 1.29 is 5.11 Å². The van der Waals surface area contributed by atoms with Crippen LogP contribution in [0.25, 0.3) is 5.69 Å². The lowest BCUT2D eigenvalue weighted by atomic mass is 9.89. The number of rotatable bonds is 3. The van der Waals surface area contributed by atoms with Crippen molar-refractivity contribution in [3.63, 3.8) is 0 Å². The third-order valence-corrected chi connectivity index (χ3v) is 3.15. The molecule has 0 aliphatic carbocycles. The average Bonchev–Trinajstić information content (AvgIpc) is 2.81. The molecule has 1 aliphatic rings. The second-order valence-electron chi connectivity index (χ2n) is 4.62. The summed E-state index contributed by atoms with van der Waals surface area (Å²) in [7, 11) is 0. The normalized spacial score (nSPS) is 17.7. The number of aromatic nitrogens is 2. The predicted molar refractivity (Wildman–Crippen MR) is 65.1 cm³/mol. The molecule has 3 rings (SSSR count). The topological polar surface area (TPSA) is 50.1 Å². The molecule has 2 N–H and O–H groups in total. The molecule has 0 unspecified atom stereocenters. The Bertz CT molecular complexity index is 486. The van der Waals surface area contributed by atoms with Crippen LogP contribution < -0.4 is 5.32 Å². The summed E-state index contributed by atoms with van der Waals surface area (Å²) in [5.41, 5.74) is 1.65. The van der Waals surface area contributed by atoms with E-state index in [1.54, 1.807) is 6.20 Å². The molecule has 1 aromatic heterocycles. The van der Waals surface area contributed by atoms with Gasteiger partial charge >= 0.3 is 0 Å². The molecule has 4 heteroatoms. The summed E-state index contributed by atoms with van der Waals surface area (Å²) < 4.78 is 1.82. The highest BCUT2D eigenvalue weighted by molar-refractivity contribution is 5.34. The molecule has 88 valence electrons. The molecule has 0 radical (unpaired) electrons. The van der Waals surface area contributed by atoms with Gasteiger partial charge in [-0.2, -0.15) is 5.10 Å². The quantitative estimate of drug-likeness (QED) is 0.816. The van der Waals surface area contributed by atoms with Crippen molar-refractivity contribution in [3.8, 4) is 5.69 Å². The first-order valence-corrected chi connectivity index (χ1v) is 5.77. The van der Waals surface area contributed by atoms with Crippen LogP contribution in [-0.2, 0) is 6.42 Å². The minimum absolute atomic E-state index is 0.548. The van der Waals surface area contributed by atoms with E-state index in [1.165, 1.54) is 0 Å². The number of benzene rings is 1. The summed E-state index contributed by atoms with van der Waals surface area (Å²) in [6.45, 7) is 1.38. The Labute approximate surface area is 99.9 Å². The molecule has 1 fully saturated rings. The molecule has 0 bridgehead atoms. The van der Waals surface area contributed by atoms with Crippen LogP contribution in [0.5, 0.6) is 0 Å². The third kappa shape index (κ3) is 2.09. The third-order valence-electron chi connectivity index (χ3n) is 3.15. The van der Waals surface area contributed by atoms with Crippen molar-refractivity contribution in [2.24, 2.45) is 0 Å². The van der Waals surface area contributed by atoms with E-state index in [4.69, 9.17) is 0 Å². The lowest BCUT2D eigenvalue weighted by Crippen LogP contribution is -2.60. The first-order valence-electron chi connectivity index (χ1n) is 5.77. The minimum Gasteiger partial charge on any atom is -0.387 e. The fourth-order valence-corrected chi connectivity index (χ4v) is 2.11. The van der Waals surface area contributed by atoms with E-state index in [0.717, 1.165) is 11.3 Å². The summed E-state index contributed by atoms with van der Waals surface area (Å²) in [5, 5.41) is 17.3. The Hall–Kier alpha value is -1.65. The largest absolute Gasteiger partial charge is 0.387 e. The van der Waals surface area contributed by atoms with Crippen LogP contribution in [0, 0.1) is 0 Å². The lowest BCUT2D eigenvalue weighted by molar-refractivity contribution is -0.00901. The number of hydrogen-bond acceptors (Lipinski definition) is 3. The molecular weight excluding hydrogens is 214 g/mol. The van der Waals surface area contributed by atoms with Gasteiger partial charge in [-0.05, 0) is 23.8 Å². The van der Waals surface area contributed by atoms with Crippen molar-refractivity contribution in [1.82, 2.24) is 15.1 Å². The van der Waals surface area contributed by atoms with Crippen LogP contribution >= 0.6 is 0 Å². The van der Waals surface area contributed by atoms with Crippen LogP contribution in [0.15, 0.2) is 42.7 Å². The second kappa shape index (κ2) is 3.98. The maximum absolute atomic E-state index is 10.0. The molecule has 0 spiro atoms. The average molecular weight is 229 g/mol. The molecule has 1 saturated heterocycles. The Kier molecular flexibility index (Phi) is 2.46. The fourth-order valence-electron chi connectivity index (χ4n) is 2.11. The first-order chi connectivity index (χ1) is 8.25. The fraction of sp³-hybridized carbons (Fsp3) is 0.308. The summed E-state index contributed by atoms with van der Waals surface area (Å²) in [6, 6.07) is 10.0. The SMILES string of the molecule is OC1(Cc2ccc(-n3cccn3)cc2)CNC1. The highest BCUT2D eigenvalue weighted by atomic mass is 16.3. The minimum atomic E-state index is -0.548. The molecule has 0 amide bonds. The Morgan fingerprint density at radius 1 is 1.29 bits per heavy atom. The van der Waals surface area contributed by atoms with Gasteiger partial charge in [-0.1, -0.05) is 12.1 Å².